The molecule has 2 aromatic carbocycles. The van der Waals surface area contributed by atoms with Gasteiger partial charge >= 0.3 is 0 Å². The molecule has 0 saturated heterocycles. The molecule has 0 unspecified atom stereocenters. The molecule has 1 aromatic heterocycles. The van der Waals surface area contributed by atoms with Crippen molar-refractivity contribution >= 4 is 38.6 Å². The molecule has 0 amide bonds. The van der Waals surface area contributed by atoms with E-state index in [-0.39, 0.29) is 0 Å². The second kappa shape index (κ2) is 11.7. The number of rotatable bonds is 11. The monoisotopic (exact) mass is 471 g/mol. The van der Waals surface area contributed by atoms with E-state index in [0.29, 0.717) is 0 Å². The average molecular weight is 472 g/mol. The maximum Gasteiger partial charge on any atom is 0.203 e. The summed E-state index contributed by atoms with van der Waals surface area (Å²) in [7, 11) is 0. The van der Waals surface area contributed by atoms with E-state index in [1.165, 1.54) is 37.0 Å². The predicted octanol–water partition coefficient (Wildman–Crippen LogP) is 7.37. The molecule has 3 aromatic rings. The second-order valence-corrected chi connectivity index (χ2v) is 8.52. The number of hydrogen-bond acceptors (Lipinski definition) is 5. The van der Waals surface area contributed by atoms with Crippen LogP contribution in [0.1, 0.15) is 44.6 Å². The maximum atomic E-state index is 5.80. The molecular formula is C23H26BrN3OS. The number of unbranched alkanes of at least 4 members (excludes halogenated alkanes) is 4. The lowest BCUT2D eigenvalue weighted by molar-refractivity contribution is 0.304. The minimum Gasteiger partial charge on any atom is -0.494 e. The summed E-state index contributed by atoms with van der Waals surface area (Å²) in [4.78, 5) is 4.57. The average Bonchev–Trinajstić information content (AvgIpc) is 3.21. The Balaban J connectivity index is 1.44. The first-order valence-electron chi connectivity index (χ1n) is 9.98. The van der Waals surface area contributed by atoms with Gasteiger partial charge in [0.05, 0.1) is 18.5 Å². The Hall–Kier alpha value is -2.18. The van der Waals surface area contributed by atoms with Crippen molar-refractivity contribution < 1.29 is 4.74 Å². The number of thiazole rings is 1. The van der Waals surface area contributed by atoms with Crippen LogP contribution < -0.4 is 10.2 Å². The molecule has 29 heavy (non-hydrogen) atoms. The van der Waals surface area contributed by atoms with Gasteiger partial charge in [-0.15, -0.1) is 11.3 Å². The number of hydrazone groups is 1. The summed E-state index contributed by atoms with van der Waals surface area (Å²) < 4.78 is 6.85. The van der Waals surface area contributed by atoms with Crippen LogP contribution in [-0.4, -0.2) is 17.8 Å². The van der Waals surface area contributed by atoms with Crippen molar-refractivity contribution in [2.24, 2.45) is 5.10 Å². The van der Waals surface area contributed by atoms with Gasteiger partial charge in [-0.2, -0.15) is 5.10 Å². The maximum absolute atomic E-state index is 5.80. The number of benzene rings is 2. The third-order valence-electron chi connectivity index (χ3n) is 4.41. The molecule has 0 radical (unpaired) electrons. The van der Waals surface area contributed by atoms with Gasteiger partial charge in [-0.25, -0.2) is 4.98 Å². The summed E-state index contributed by atoms with van der Waals surface area (Å²) in [6, 6.07) is 16.1. The number of hydrogen-bond donors (Lipinski definition) is 1. The van der Waals surface area contributed by atoms with Crippen LogP contribution in [-0.2, 0) is 0 Å². The first-order chi connectivity index (χ1) is 14.2. The van der Waals surface area contributed by atoms with E-state index < -0.39 is 0 Å². The molecule has 1 heterocycles. The van der Waals surface area contributed by atoms with Crippen LogP contribution in [0.15, 0.2) is 63.5 Å². The molecule has 6 heteroatoms. The molecular weight excluding hydrogens is 446 g/mol. The molecule has 4 nitrogen and oxygen atoms in total. The van der Waals surface area contributed by atoms with Crippen LogP contribution in [0.4, 0.5) is 5.13 Å². The van der Waals surface area contributed by atoms with Gasteiger partial charge in [-0.05, 0) is 48.4 Å². The largest absolute Gasteiger partial charge is 0.494 e. The van der Waals surface area contributed by atoms with Crippen molar-refractivity contribution in [3.63, 3.8) is 0 Å². The van der Waals surface area contributed by atoms with E-state index in [1.807, 2.05) is 53.9 Å². The molecule has 152 valence electrons. The topological polar surface area (TPSA) is 46.5 Å². The highest BCUT2D eigenvalue weighted by atomic mass is 79.9. The summed E-state index contributed by atoms with van der Waals surface area (Å²) in [5, 5.41) is 7.08. The molecule has 0 bridgehead atoms. The van der Waals surface area contributed by atoms with Gasteiger partial charge in [-0.1, -0.05) is 60.7 Å². The molecule has 0 atom stereocenters. The molecule has 0 aliphatic carbocycles. The molecule has 0 aliphatic heterocycles. The van der Waals surface area contributed by atoms with Crippen molar-refractivity contribution in [3.05, 3.63) is 63.9 Å². The van der Waals surface area contributed by atoms with Gasteiger partial charge in [0.15, 0.2) is 0 Å². The van der Waals surface area contributed by atoms with Crippen LogP contribution in [0, 0.1) is 0 Å². The van der Waals surface area contributed by atoms with Crippen molar-refractivity contribution in [2.75, 3.05) is 12.0 Å². The van der Waals surface area contributed by atoms with Crippen molar-refractivity contribution in [2.45, 2.75) is 39.0 Å². The standard InChI is InChI=1S/C23H26BrN3OS/c1-2-3-4-5-6-15-28-21-13-7-18(8-14-21)16-25-27-23-26-22(17-29-23)19-9-11-20(24)12-10-19/h7-14,16-17H,2-6,15H2,1H3,(H,26,27)/b25-16-. The van der Waals surface area contributed by atoms with Crippen molar-refractivity contribution in [1.82, 2.24) is 4.98 Å². The van der Waals surface area contributed by atoms with E-state index in [1.54, 1.807) is 6.21 Å². The van der Waals surface area contributed by atoms with E-state index in [0.717, 1.165) is 45.2 Å². The van der Waals surface area contributed by atoms with Crippen molar-refractivity contribution in [3.8, 4) is 17.0 Å². The number of aromatic nitrogens is 1. The minimum atomic E-state index is 0.766. The van der Waals surface area contributed by atoms with Gasteiger partial charge < -0.3 is 4.74 Å². The summed E-state index contributed by atoms with van der Waals surface area (Å²) in [5.41, 5.74) is 6.04. The van der Waals surface area contributed by atoms with Crippen molar-refractivity contribution in [1.29, 1.82) is 0 Å². The first-order valence-corrected chi connectivity index (χ1v) is 11.7. The van der Waals surface area contributed by atoms with Crippen LogP contribution in [0.5, 0.6) is 5.75 Å². The number of halogens is 1. The Morgan fingerprint density at radius 3 is 2.55 bits per heavy atom. The Labute approximate surface area is 185 Å². The van der Waals surface area contributed by atoms with E-state index in [2.05, 4.69) is 38.4 Å². The van der Waals surface area contributed by atoms with E-state index >= 15 is 0 Å². The fourth-order valence-electron chi connectivity index (χ4n) is 2.79. The van der Waals surface area contributed by atoms with Crippen LogP contribution in [0.3, 0.4) is 0 Å². The zero-order valence-corrected chi connectivity index (χ0v) is 19.0. The highest BCUT2D eigenvalue weighted by Gasteiger charge is 2.03. The zero-order valence-electron chi connectivity index (χ0n) is 16.6. The third-order valence-corrected chi connectivity index (χ3v) is 5.69. The molecule has 0 fully saturated rings. The molecule has 1 N–H and O–H groups in total. The fraction of sp³-hybridized carbons (Fsp3) is 0.304. The number of nitrogens with one attached hydrogen (secondary N) is 1. The van der Waals surface area contributed by atoms with Crippen LogP contribution >= 0.6 is 27.3 Å². The summed E-state index contributed by atoms with van der Waals surface area (Å²) in [6.45, 7) is 3.01. The normalized spacial score (nSPS) is 11.1. The van der Waals surface area contributed by atoms with E-state index in [4.69, 9.17) is 4.74 Å². The van der Waals surface area contributed by atoms with Crippen LogP contribution in [0.25, 0.3) is 11.3 Å². The van der Waals surface area contributed by atoms with Gasteiger partial charge in [0, 0.05) is 15.4 Å². The lowest BCUT2D eigenvalue weighted by Crippen LogP contribution is -1.97. The number of nitrogens with zero attached hydrogens (tertiary/aromatic N) is 2. The lowest BCUT2D eigenvalue weighted by Gasteiger charge is -2.06. The highest BCUT2D eigenvalue weighted by Crippen LogP contribution is 2.26. The number of anilines is 1. The molecule has 3 rings (SSSR count). The highest BCUT2D eigenvalue weighted by molar-refractivity contribution is 9.10. The van der Waals surface area contributed by atoms with Gasteiger partial charge in [0.1, 0.15) is 5.75 Å². The van der Waals surface area contributed by atoms with Gasteiger partial charge in [-0.3, -0.25) is 5.43 Å². The molecule has 0 saturated carbocycles. The Morgan fingerprint density at radius 2 is 1.79 bits per heavy atom. The Bertz CT molecular complexity index is 891. The van der Waals surface area contributed by atoms with Gasteiger partial charge in [0.2, 0.25) is 5.13 Å². The summed E-state index contributed by atoms with van der Waals surface area (Å²) in [6.07, 6.45) is 8.02. The molecule has 0 aliphatic rings. The predicted molar refractivity (Wildman–Crippen MR) is 127 cm³/mol. The third kappa shape index (κ3) is 7.29. The van der Waals surface area contributed by atoms with E-state index in [9.17, 15) is 0 Å². The lowest BCUT2D eigenvalue weighted by atomic mass is 10.2. The zero-order chi connectivity index (χ0) is 20.3. The first kappa shape index (κ1) is 21.5. The number of ether oxygens (including phenoxy) is 1. The minimum absolute atomic E-state index is 0.766. The Morgan fingerprint density at radius 1 is 1.03 bits per heavy atom. The van der Waals surface area contributed by atoms with Crippen LogP contribution in [0.2, 0.25) is 0 Å². The smallest absolute Gasteiger partial charge is 0.203 e. The quantitative estimate of drug-likeness (QED) is 0.180. The Kier molecular flexibility index (Phi) is 8.71. The summed E-state index contributed by atoms with van der Waals surface area (Å²) >= 11 is 4.98. The summed E-state index contributed by atoms with van der Waals surface area (Å²) in [5.74, 6) is 0.907. The molecule has 0 spiro atoms. The van der Waals surface area contributed by atoms with Gasteiger partial charge in [0.25, 0.3) is 0 Å². The second-order valence-electron chi connectivity index (χ2n) is 6.75. The SMILES string of the molecule is CCCCCCCOc1ccc(/C=N\Nc2nc(-c3ccc(Br)cc3)cs2)cc1. The fourth-order valence-corrected chi connectivity index (χ4v) is 3.72.